The molecule has 2 fully saturated rings. The summed E-state index contributed by atoms with van der Waals surface area (Å²) in [4.78, 5) is 0.874. The van der Waals surface area contributed by atoms with Crippen molar-refractivity contribution in [1.82, 2.24) is 0 Å². The van der Waals surface area contributed by atoms with Crippen LogP contribution in [0.3, 0.4) is 0 Å². The third-order valence-corrected chi connectivity index (χ3v) is 3.42. The summed E-state index contributed by atoms with van der Waals surface area (Å²) in [6, 6.07) is 0. The summed E-state index contributed by atoms with van der Waals surface area (Å²) in [5.74, 6) is 0.213. The summed E-state index contributed by atoms with van der Waals surface area (Å²) in [6.07, 6.45) is 1.90. The lowest BCUT2D eigenvalue weighted by molar-refractivity contribution is 0.0790. The van der Waals surface area contributed by atoms with Crippen LogP contribution in [0.5, 0.6) is 0 Å². The van der Waals surface area contributed by atoms with Crippen LogP contribution in [-0.2, 0) is 0 Å². The van der Waals surface area contributed by atoms with Gasteiger partial charge in [0, 0.05) is 10.8 Å². The fourth-order valence-corrected chi connectivity index (χ4v) is 2.72. The van der Waals surface area contributed by atoms with Gasteiger partial charge >= 0.3 is 0 Å². The molecule has 2 bridgehead atoms. The zero-order valence-corrected chi connectivity index (χ0v) is 7.05. The third-order valence-electron chi connectivity index (χ3n) is 2.94. The van der Waals surface area contributed by atoms with Gasteiger partial charge in [-0.25, -0.2) is 0 Å². The fourth-order valence-electron chi connectivity index (χ4n) is 2.31. The average molecular weight is 172 g/mol. The molecule has 62 valence electrons. The number of aliphatic hydroxyl groups is 2. The molecule has 2 rings (SSSR count). The Kier molecular flexibility index (Phi) is 1.74. The van der Waals surface area contributed by atoms with Gasteiger partial charge in [0.15, 0.2) is 0 Å². The molecule has 2 aliphatic rings. The number of thiocarbonyl (C=S) groups is 1. The molecule has 0 spiro atoms. The zero-order valence-electron chi connectivity index (χ0n) is 6.23. The molecule has 0 radical (unpaired) electrons. The summed E-state index contributed by atoms with van der Waals surface area (Å²) in [7, 11) is 0. The maximum absolute atomic E-state index is 9.60. The van der Waals surface area contributed by atoms with E-state index in [2.05, 4.69) is 0 Å². The van der Waals surface area contributed by atoms with Crippen molar-refractivity contribution in [2.75, 3.05) is 0 Å². The van der Waals surface area contributed by atoms with Crippen molar-refractivity contribution in [3.63, 3.8) is 0 Å². The standard InChI is InChI=1S/C8H12O2S/c9-5-3-4-1-2-6(11)7(5)8(4)10/h4-5,7-10H,1-3H2. The molecule has 11 heavy (non-hydrogen) atoms. The molecule has 3 heteroatoms. The van der Waals surface area contributed by atoms with Crippen LogP contribution in [0.2, 0.25) is 0 Å². The Morgan fingerprint density at radius 2 is 2.09 bits per heavy atom. The zero-order chi connectivity index (χ0) is 8.01. The van der Waals surface area contributed by atoms with E-state index in [0.717, 1.165) is 24.1 Å². The van der Waals surface area contributed by atoms with Crippen LogP contribution in [0, 0.1) is 11.8 Å². The van der Waals surface area contributed by atoms with E-state index in [0.29, 0.717) is 5.92 Å². The van der Waals surface area contributed by atoms with Crippen molar-refractivity contribution in [3.05, 3.63) is 0 Å². The van der Waals surface area contributed by atoms with Crippen LogP contribution >= 0.6 is 12.2 Å². The van der Waals surface area contributed by atoms with Crippen LogP contribution in [0.15, 0.2) is 0 Å². The van der Waals surface area contributed by atoms with Crippen LogP contribution < -0.4 is 0 Å². The summed E-state index contributed by atoms with van der Waals surface area (Å²) >= 11 is 5.09. The van der Waals surface area contributed by atoms with Gasteiger partial charge in [-0.2, -0.15) is 0 Å². The third kappa shape index (κ3) is 1.03. The Labute approximate surface area is 71.2 Å². The maximum atomic E-state index is 9.60. The first kappa shape index (κ1) is 7.65. The Balaban J connectivity index is 2.25. The molecule has 0 aromatic rings. The molecule has 4 atom stereocenters. The molecule has 2 nitrogen and oxygen atoms in total. The molecule has 2 N–H and O–H groups in total. The number of hydrogen-bond donors (Lipinski definition) is 2. The summed E-state index contributed by atoms with van der Waals surface area (Å²) in [5, 5.41) is 19.1. The molecule has 0 heterocycles. The summed E-state index contributed by atoms with van der Waals surface area (Å²) in [6.45, 7) is 0. The first-order chi connectivity index (χ1) is 5.20. The fraction of sp³-hybridized carbons (Fsp3) is 0.875. The molecular weight excluding hydrogens is 160 g/mol. The second kappa shape index (κ2) is 2.51. The lowest BCUT2D eigenvalue weighted by atomic mass is 9.86. The van der Waals surface area contributed by atoms with E-state index >= 15 is 0 Å². The first-order valence-electron chi connectivity index (χ1n) is 4.09. The number of rotatable bonds is 0. The van der Waals surface area contributed by atoms with E-state index in [9.17, 15) is 10.2 Å². The second-order valence-corrected chi connectivity index (χ2v) is 4.11. The largest absolute Gasteiger partial charge is 0.392 e. The lowest BCUT2D eigenvalue weighted by Gasteiger charge is -2.26. The molecule has 2 aliphatic carbocycles. The van der Waals surface area contributed by atoms with Gasteiger partial charge in [0.25, 0.3) is 0 Å². The molecule has 2 saturated carbocycles. The topological polar surface area (TPSA) is 40.5 Å². The van der Waals surface area contributed by atoms with Gasteiger partial charge in [0.1, 0.15) is 0 Å². The Morgan fingerprint density at radius 1 is 1.36 bits per heavy atom. The van der Waals surface area contributed by atoms with Gasteiger partial charge in [-0.3, -0.25) is 0 Å². The Morgan fingerprint density at radius 3 is 2.73 bits per heavy atom. The van der Waals surface area contributed by atoms with Gasteiger partial charge in [0.05, 0.1) is 12.2 Å². The summed E-state index contributed by atoms with van der Waals surface area (Å²) < 4.78 is 0. The van der Waals surface area contributed by atoms with Crippen LogP contribution in [0.4, 0.5) is 0 Å². The number of hydrogen-bond acceptors (Lipinski definition) is 3. The minimum atomic E-state index is -0.370. The molecule has 0 amide bonds. The quantitative estimate of drug-likeness (QED) is 0.523. The minimum absolute atomic E-state index is 0.0938. The van der Waals surface area contributed by atoms with E-state index in [1.54, 1.807) is 0 Å². The molecule has 0 aromatic heterocycles. The monoisotopic (exact) mass is 172 g/mol. The molecule has 0 aromatic carbocycles. The van der Waals surface area contributed by atoms with Crippen molar-refractivity contribution >= 4 is 17.1 Å². The van der Waals surface area contributed by atoms with Crippen LogP contribution in [0.1, 0.15) is 19.3 Å². The molecule has 0 saturated heterocycles. The molecule has 4 unspecified atom stereocenters. The van der Waals surface area contributed by atoms with E-state index in [4.69, 9.17) is 12.2 Å². The van der Waals surface area contributed by atoms with Gasteiger partial charge in [-0.05, 0) is 25.2 Å². The van der Waals surface area contributed by atoms with Gasteiger partial charge in [0.2, 0.25) is 0 Å². The minimum Gasteiger partial charge on any atom is -0.392 e. The Bertz CT molecular complexity index is 193. The first-order valence-corrected chi connectivity index (χ1v) is 4.50. The normalized spacial score (nSPS) is 49.8. The highest BCUT2D eigenvalue weighted by molar-refractivity contribution is 7.80. The number of aliphatic hydroxyl groups excluding tert-OH is 2. The highest BCUT2D eigenvalue weighted by Crippen LogP contribution is 2.40. The van der Waals surface area contributed by atoms with Crippen LogP contribution in [-0.4, -0.2) is 27.3 Å². The molecule has 0 aliphatic heterocycles. The van der Waals surface area contributed by atoms with Crippen molar-refractivity contribution in [2.45, 2.75) is 31.5 Å². The lowest BCUT2D eigenvalue weighted by Crippen LogP contribution is -2.35. The summed E-state index contributed by atoms with van der Waals surface area (Å²) in [5.41, 5.74) is 0. The van der Waals surface area contributed by atoms with Crippen LogP contribution in [0.25, 0.3) is 0 Å². The Hall–Kier alpha value is 0.01000. The maximum Gasteiger partial charge on any atom is 0.0667 e. The van der Waals surface area contributed by atoms with Crippen molar-refractivity contribution in [2.24, 2.45) is 11.8 Å². The van der Waals surface area contributed by atoms with Crippen molar-refractivity contribution in [3.8, 4) is 0 Å². The van der Waals surface area contributed by atoms with Gasteiger partial charge in [-0.1, -0.05) is 12.2 Å². The van der Waals surface area contributed by atoms with E-state index in [-0.39, 0.29) is 18.1 Å². The smallest absolute Gasteiger partial charge is 0.0667 e. The predicted octanol–water partition coefficient (Wildman–Crippen LogP) is 0.508. The van der Waals surface area contributed by atoms with E-state index in [1.807, 2.05) is 0 Å². The average Bonchev–Trinajstić information content (AvgIpc) is 2.11. The van der Waals surface area contributed by atoms with E-state index in [1.165, 1.54) is 0 Å². The van der Waals surface area contributed by atoms with E-state index < -0.39 is 0 Å². The highest BCUT2D eigenvalue weighted by atomic mass is 32.1. The highest BCUT2D eigenvalue weighted by Gasteiger charge is 2.46. The predicted molar refractivity (Wildman–Crippen MR) is 45.4 cm³/mol. The van der Waals surface area contributed by atoms with Crippen molar-refractivity contribution in [1.29, 1.82) is 0 Å². The molecular formula is C8H12O2S. The SMILES string of the molecule is OC1CC2CCC(=S)C1C2O. The second-order valence-electron chi connectivity index (χ2n) is 3.58. The van der Waals surface area contributed by atoms with Gasteiger partial charge in [-0.15, -0.1) is 0 Å². The van der Waals surface area contributed by atoms with Crippen molar-refractivity contribution < 1.29 is 10.2 Å². The van der Waals surface area contributed by atoms with Gasteiger partial charge < -0.3 is 10.2 Å². The number of fused-ring (bicyclic) bond motifs is 2.